The molecule has 178 valence electrons. The van der Waals surface area contributed by atoms with Crippen molar-refractivity contribution in [1.82, 2.24) is 0 Å². The largest absolute Gasteiger partial charge is 0.507 e. The fourth-order valence-corrected chi connectivity index (χ4v) is 4.04. The monoisotopic (exact) mass is 471 g/mol. The lowest BCUT2D eigenvalue weighted by Gasteiger charge is -2.25. The Balaban J connectivity index is 1.84. The molecule has 35 heavy (non-hydrogen) atoms. The maximum atomic E-state index is 13.2. The number of Topliss-reactive ketones (excluding diaryl/α,β-unsaturated/α-hetero) is 1. The van der Waals surface area contributed by atoms with Gasteiger partial charge in [0.15, 0.2) is 0 Å². The number of anilines is 1. The number of carbonyl (C=O) groups excluding carboxylic acids is 3. The van der Waals surface area contributed by atoms with Crippen LogP contribution in [0.3, 0.4) is 0 Å². The van der Waals surface area contributed by atoms with E-state index in [1.165, 1.54) is 12.0 Å². The van der Waals surface area contributed by atoms with Gasteiger partial charge < -0.3 is 14.6 Å². The second-order valence-corrected chi connectivity index (χ2v) is 8.08. The lowest BCUT2D eigenvalue weighted by Crippen LogP contribution is -2.29. The minimum Gasteiger partial charge on any atom is -0.507 e. The third kappa shape index (κ3) is 4.53. The minimum absolute atomic E-state index is 0.0153. The number of ether oxygens (including phenoxy) is 2. The first-order valence-electron chi connectivity index (χ1n) is 11.1. The van der Waals surface area contributed by atoms with Gasteiger partial charge in [-0.1, -0.05) is 29.8 Å². The molecule has 1 aliphatic rings. The molecule has 1 atom stereocenters. The minimum atomic E-state index is -0.855. The lowest BCUT2D eigenvalue weighted by molar-refractivity contribution is -0.132. The SMILES string of the molecule is CCOC(=O)c1ccc(N2C(=O)C(=O)C(=C(O)c3ccc(OC)cc3)[C@H]2c2ccc(C)cc2)cc1. The summed E-state index contributed by atoms with van der Waals surface area (Å²) in [6.45, 7) is 3.90. The summed E-state index contributed by atoms with van der Waals surface area (Å²) >= 11 is 0. The Hall–Kier alpha value is -4.39. The number of benzene rings is 3. The summed E-state index contributed by atoms with van der Waals surface area (Å²) in [6, 6.07) is 19.4. The van der Waals surface area contributed by atoms with E-state index in [1.807, 2.05) is 31.2 Å². The summed E-state index contributed by atoms with van der Waals surface area (Å²) in [5.41, 5.74) is 2.80. The summed E-state index contributed by atoms with van der Waals surface area (Å²) < 4.78 is 10.2. The predicted molar refractivity (Wildman–Crippen MR) is 131 cm³/mol. The van der Waals surface area contributed by atoms with Gasteiger partial charge in [-0.05, 0) is 67.9 Å². The van der Waals surface area contributed by atoms with E-state index in [2.05, 4.69) is 0 Å². The van der Waals surface area contributed by atoms with Crippen molar-refractivity contribution in [2.24, 2.45) is 0 Å². The molecule has 1 amide bonds. The maximum Gasteiger partial charge on any atom is 0.338 e. The zero-order valence-corrected chi connectivity index (χ0v) is 19.6. The Morgan fingerprint density at radius 1 is 0.914 bits per heavy atom. The fourth-order valence-electron chi connectivity index (χ4n) is 4.04. The molecule has 7 heteroatoms. The number of aliphatic hydroxyl groups is 1. The zero-order valence-electron chi connectivity index (χ0n) is 19.6. The van der Waals surface area contributed by atoms with Crippen LogP contribution in [0.15, 0.2) is 78.4 Å². The number of hydrogen-bond acceptors (Lipinski definition) is 6. The molecule has 0 radical (unpaired) electrons. The van der Waals surface area contributed by atoms with Crippen LogP contribution in [0.2, 0.25) is 0 Å². The molecule has 0 saturated carbocycles. The maximum absolute atomic E-state index is 13.2. The third-order valence-electron chi connectivity index (χ3n) is 5.86. The van der Waals surface area contributed by atoms with Crippen molar-refractivity contribution in [3.8, 4) is 5.75 Å². The second kappa shape index (κ2) is 9.85. The van der Waals surface area contributed by atoms with E-state index in [1.54, 1.807) is 55.5 Å². The first kappa shape index (κ1) is 23.8. The van der Waals surface area contributed by atoms with Crippen molar-refractivity contribution >= 4 is 29.1 Å². The normalized spacial score (nSPS) is 16.9. The number of amides is 1. The van der Waals surface area contributed by atoms with Gasteiger partial charge in [-0.2, -0.15) is 0 Å². The van der Waals surface area contributed by atoms with Gasteiger partial charge in [0, 0.05) is 11.3 Å². The molecule has 3 aromatic carbocycles. The van der Waals surface area contributed by atoms with Crippen molar-refractivity contribution in [3.05, 3.63) is 101 Å². The van der Waals surface area contributed by atoms with Gasteiger partial charge in [0.2, 0.25) is 0 Å². The average Bonchev–Trinajstić information content (AvgIpc) is 3.14. The molecule has 0 unspecified atom stereocenters. The Morgan fingerprint density at radius 3 is 2.09 bits per heavy atom. The first-order chi connectivity index (χ1) is 16.8. The average molecular weight is 472 g/mol. The highest BCUT2D eigenvalue weighted by atomic mass is 16.5. The van der Waals surface area contributed by atoms with Crippen molar-refractivity contribution < 1.29 is 29.0 Å². The molecule has 1 heterocycles. The molecule has 4 rings (SSSR count). The number of esters is 1. The zero-order chi connectivity index (χ0) is 25.1. The number of methoxy groups -OCH3 is 1. The molecule has 0 bridgehead atoms. The number of carbonyl (C=O) groups is 3. The smallest absolute Gasteiger partial charge is 0.338 e. The van der Waals surface area contributed by atoms with Gasteiger partial charge in [0.05, 0.1) is 30.9 Å². The van der Waals surface area contributed by atoms with E-state index in [0.29, 0.717) is 28.1 Å². The molecule has 1 fully saturated rings. The standard InChI is InChI=1S/C28H25NO6/c1-4-35-28(33)20-9-13-21(14-10-20)29-24(18-7-5-17(2)6-8-18)23(26(31)27(29)32)25(30)19-11-15-22(34-3)16-12-19/h5-16,24,30H,4H2,1-3H3/t24-/m1/s1. The number of ketones is 1. The molecule has 0 aromatic heterocycles. The van der Waals surface area contributed by atoms with E-state index in [-0.39, 0.29) is 17.9 Å². The number of hydrogen-bond donors (Lipinski definition) is 1. The molecule has 1 aliphatic heterocycles. The van der Waals surface area contributed by atoms with E-state index in [0.717, 1.165) is 5.56 Å². The van der Waals surface area contributed by atoms with Gasteiger partial charge in [0.1, 0.15) is 11.5 Å². The van der Waals surface area contributed by atoms with Crippen LogP contribution in [-0.2, 0) is 14.3 Å². The van der Waals surface area contributed by atoms with E-state index < -0.39 is 23.7 Å². The van der Waals surface area contributed by atoms with Crippen LogP contribution in [0.25, 0.3) is 5.76 Å². The van der Waals surface area contributed by atoms with Crippen LogP contribution in [0, 0.1) is 6.92 Å². The van der Waals surface area contributed by atoms with Crippen molar-refractivity contribution in [3.63, 3.8) is 0 Å². The summed E-state index contributed by atoms with van der Waals surface area (Å²) in [4.78, 5) is 39.9. The highest BCUT2D eigenvalue weighted by molar-refractivity contribution is 6.51. The second-order valence-electron chi connectivity index (χ2n) is 8.08. The van der Waals surface area contributed by atoms with Crippen molar-refractivity contribution in [1.29, 1.82) is 0 Å². The van der Waals surface area contributed by atoms with Gasteiger partial charge in [-0.15, -0.1) is 0 Å². The van der Waals surface area contributed by atoms with E-state index in [9.17, 15) is 19.5 Å². The van der Waals surface area contributed by atoms with Crippen LogP contribution in [0.1, 0.15) is 40.0 Å². The van der Waals surface area contributed by atoms with Crippen LogP contribution < -0.4 is 9.64 Å². The third-order valence-corrected chi connectivity index (χ3v) is 5.86. The molecule has 1 N–H and O–H groups in total. The van der Waals surface area contributed by atoms with Gasteiger partial charge in [-0.25, -0.2) is 4.79 Å². The summed E-state index contributed by atoms with van der Waals surface area (Å²) in [5.74, 6) is -1.72. The molecule has 1 saturated heterocycles. The van der Waals surface area contributed by atoms with Crippen LogP contribution in [0.5, 0.6) is 5.75 Å². The number of nitrogens with zero attached hydrogens (tertiary/aromatic N) is 1. The molecule has 0 spiro atoms. The summed E-state index contributed by atoms with van der Waals surface area (Å²) in [5, 5.41) is 11.2. The quantitative estimate of drug-likeness (QED) is 0.240. The molecule has 7 nitrogen and oxygen atoms in total. The van der Waals surface area contributed by atoms with Crippen LogP contribution in [0.4, 0.5) is 5.69 Å². The molecular formula is C28H25NO6. The Bertz CT molecular complexity index is 1290. The predicted octanol–water partition coefficient (Wildman–Crippen LogP) is 4.81. The highest BCUT2D eigenvalue weighted by Crippen LogP contribution is 2.42. The Kier molecular flexibility index (Phi) is 6.68. The van der Waals surface area contributed by atoms with Gasteiger partial charge in [-0.3, -0.25) is 14.5 Å². The molecule has 3 aromatic rings. The number of aliphatic hydroxyl groups excluding tert-OH is 1. The van der Waals surface area contributed by atoms with E-state index in [4.69, 9.17) is 9.47 Å². The Morgan fingerprint density at radius 2 is 1.51 bits per heavy atom. The van der Waals surface area contributed by atoms with Crippen molar-refractivity contribution in [2.75, 3.05) is 18.6 Å². The molecular weight excluding hydrogens is 446 g/mol. The molecule has 0 aliphatic carbocycles. The summed E-state index contributed by atoms with van der Waals surface area (Å²) in [6.07, 6.45) is 0. The fraction of sp³-hybridized carbons (Fsp3) is 0.179. The Labute approximate surface area is 203 Å². The van der Waals surface area contributed by atoms with Gasteiger partial charge in [0.25, 0.3) is 11.7 Å². The van der Waals surface area contributed by atoms with Crippen molar-refractivity contribution in [2.45, 2.75) is 19.9 Å². The lowest BCUT2D eigenvalue weighted by atomic mass is 9.94. The number of rotatable bonds is 6. The van der Waals surface area contributed by atoms with E-state index >= 15 is 0 Å². The number of aryl methyl sites for hydroxylation is 1. The first-order valence-corrected chi connectivity index (χ1v) is 11.1. The van der Waals surface area contributed by atoms with Gasteiger partial charge >= 0.3 is 5.97 Å². The summed E-state index contributed by atoms with van der Waals surface area (Å²) in [7, 11) is 1.53. The van der Waals surface area contributed by atoms with Crippen LogP contribution >= 0.6 is 0 Å². The highest BCUT2D eigenvalue weighted by Gasteiger charge is 2.47. The van der Waals surface area contributed by atoms with Crippen LogP contribution in [-0.4, -0.2) is 36.5 Å². The topological polar surface area (TPSA) is 93.1 Å².